The van der Waals surface area contributed by atoms with E-state index in [-0.39, 0.29) is 5.91 Å². The van der Waals surface area contributed by atoms with Gasteiger partial charge in [0.1, 0.15) is 0 Å². The van der Waals surface area contributed by atoms with Gasteiger partial charge in [0.15, 0.2) is 0 Å². The summed E-state index contributed by atoms with van der Waals surface area (Å²) in [6, 6.07) is 6.62. The first-order valence-corrected chi connectivity index (χ1v) is 7.95. The van der Waals surface area contributed by atoms with E-state index < -0.39 is 0 Å². The summed E-state index contributed by atoms with van der Waals surface area (Å²) in [4.78, 5) is 14.8. The van der Waals surface area contributed by atoms with Gasteiger partial charge in [0.2, 0.25) is 0 Å². The molecule has 0 aromatic heterocycles. The van der Waals surface area contributed by atoms with Crippen molar-refractivity contribution in [1.82, 2.24) is 4.90 Å². The summed E-state index contributed by atoms with van der Waals surface area (Å²) in [6.45, 7) is 4.11. The first-order chi connectivity index (χ1) is 10.2. The van der Waals surface area contributed by atoms with Crippen LogP contribution in [0.5, 0.6) is 0 Å². The fourth-order valence-electron chi connectivity index (χ4n) is 3.45. The molecule has 21 heavy (non-hydrogen) atoms. The van der Waals surface area contributed by atoms with E-state index in [1.807, 2.05) is 23.1 Å². The summed E-state index contributed by atoms with van der Waals surface area (Å²) >= 11 is 0. The molecule has 0 spiro atoms. The van der Waals surface area contributed by atoms with E-state index in [9.17, 15) is 4.79 Å². The minimum atomic E-state index is 0.146. The van der Waals surface area contributed by atoms with Crippen LogP contribution in [0, 0.1) is 0 Å². The SMILES string of the molecule is CCN(C(=O)c1ccc2c(c1)COC2)C1CCC(N)CC1. The van der Waals surface area contributed by atoms with Crippen LogP contribution in [-0.2, 0) is 18.0 Å². The van der Waals surface area contributed by atoms with E-state index in [4.69, 9.17) is 10.5 Å². The molecule has 1 aromatic rings. The average molecular weight is 288 g/mol. The van der Waals surface area contributed by atoms with Gasteiger partial charge >= 0.3 is 0 Å². The maximum Gasteiger partial charge on any atom is 0.254 e. The summed E-state index contributed by atoms with van der Waals surface area (Å²) < 4.78 is 5.43. The normalized spacial score (nSPS) is 24.7. The minimum Gasteiger partial charge on any atom is -0.372 e. The highest BCUT2D eigenvalue weighted by Gasteiger charge is 2.27. The topological polar surface area (TPSA) is 55.6 Å². The molecule has 2 aliphatic rings. The molecule has 0 radical (unpaired) electrons. The van der Waals surface area contributed by atoms with Crippen LogP contribution in [0.25, 0.3) is 0 Å². The first kappa shape index (κ1) is 14.5. The van der Waals surface area contributed by atoms with Gasteiger partial charge in [0.05, 0.1) is 13.2 Å². The molecule has 1 aromatic carbocycles. The number of rotatable bonds is 3. The van der Waals surface area contributed by atoms with Crippen molar-refractivity contribution < 1.29 is 9.53 Å². The van der Waals surface area contributed by atoms with E-state index >= 15 is 0 Å². The molecule has 1 aliphatic heterocycles. The van der Waals surface area contributed by atoms with Crippen LogP contribution in [0.2, 0.25) is 0 Å². The molecule has 114 valence electrons. The Morgan fingerprint density at radius 1 is 1.24 bits per heavy atom. The van der Waals surface area contributed by atoms with Crippen LogP contribution in [0.4, 0.5) is 0 Å². The molecule has 0 bridgehead atoms. The van der Waals surface area contributed by atoms with Gasteiger partial charge in [-0.15, -0.1) is 0 Å². The van der Waals surface area contributed by atoms with Gasteiger partial charge in [-0.25, -0.2) is 0 Å². The van der Waals surface area contributed by atoms with Gasteiger partial charge in [0.25, 0.3) is 5.91 Å². The van der Waals surface area contributed by atoms with Crippen molar-refractivity contribution in [3.05, 3.63) is 34.9 Å². The highest BCUT2D eigenvalue weighted by molar-refractivity contribution is 5.94. The number of benzene rings is 1. The lowest BCUT2D eigenvalue weighted by Crippen LogP contribution is -2.44. The molecular formula is C17H24N2O2. The van der Waals surface area contributed by atoms with Gasteiger partial charge in [-0.3, -0.25) is 4.79 Å². The standard InChI is InChI=1S/C17H24N2O2/c1-2-19(16-7-5-15(18)6-8-16)17(20)12-3-4-13-10-21-11-14(13)9-12/h3-4,9,15-16H,2,5-8,10-11,18H2,1H3. The fraction of sp³-hybridized carbons (Fsp3) is 0.588. The largest absolute Gasteiger partial charge is 0.372 e. The number of carbonyl (C=O) groups excluding carboxylic acids is 1. The summed E-state index contributed by atoms with van der Waals surface area (Å²) in [6.07, 6.45) is 4.09. The van der Waals surface area contributed by atoms with Gasteiger partial charge < -0.3 is 15.4 Å². The average Bonchev–Trinajstić information content (AvgIpc) is 2.97. The Morgan fingerprint density at radius 2 is 1.95 bits per heavy atom. The smallest absolute Gasteiger partial charge is 0.254 e. The summed E-state index contributed by atoms with van der Waals surface area (Å²) in [5.74, 6) is 0.146. The van der Waals surface area contributed by atoms with Gasteiger partial charge in [-0.05, 0) is 55.9 Å². The molecule has 1 aliphatic carbocycles. The predicted octanol–water partition coefficient (Wildman–Crippen LogP) is 2.45. The summed E-state index contributed by atoms with van der Waals surface area (Å²) in [5.41, 5.74) is 9.12. The number of nitrogens with two attached hydrogens (primary N) is 1. The first-order valence-electron chi connectivity index (χ1n) is 7.95. The van der Waals surface area contributed by atoms with Crippen LogP contribution in [0.15, 0.2) is 18.2 Å². The van der Waals surface area contributed by atoms with Gasteiger partial charge in [0, 0.05) is 24.2 Å². The van der Waals surface area contributed by atoms with Gasteiger partial charge in [-0.1, -0.05) is 6.07 Å². The molecule has 4 nitrogen and oxygen atoms in total. The Labute approximate surface area is 126 Å². The van der Waals surface area contributed by atoms with Crippen LogP contribution in [0.1, 0.15) is 54.1 Å². The second kappa shape index (κ2) is 6.16. The Kier molecular flexibility index (Phi) is 4.27. The van der Waals surface area contributed by atoms with E-state index in [0.717, 1.165) is 43.4 Å². The number of carbonyl (C=O) groups is 1. The Bertz CT molecular complexity index is 522. The monoisotopic (exact) mass is 288 g/mol. The zero-order valence-electron chi connectivity index (χ0n) is 12.7. The number of fused-ring (bicyclic) bond motifs is 1. The lowest BCUT2D eigenvalue weighted by molar-refractivity contribution is 0.0640. The van der Waals surface area contributed by atoms with Crippen molar-refractivity contribution in [3.8, 4) is 0 Å². The summed E-state index contributed by atoms with van der Waals surface area (Å²) in [5, 5.41) is 0. The number of ether oxygens (including phenoxy) is 1. The number of hydrogen-bond donors (Lipinski definition) is 1. The fourth-order valence-corrected chi connectivity index (χ4v) is 3.45. The molecule has 1 fully saturated rings. The molecule has 3 rings (SSSR count). The van der Waals surface area contributed by atoms with E-state index in [1.54, 1.807) is 0 Å². The van der Waals surface area contributed by atoms with E-state index in [2.05, 4.69) is 6.92 Å². The van der Waals surface area contributed by atoms with E-state index in [0.29, 0.717) is 25.3 Å². The maximum absolute atomic E-state index is 12.8. The quantitative estimate of drug-likeness (QED) is 0.929. The van der Waals surface area contributed by atoms with Crippen molar-refractivity contribution in [2.45, 2.75) is 57.9 Å². The minimum absolute atomic E-state index is 0.146. The molecule has 2 N–H and O–H groups in total. The second-order valence-electron chi connectivity index (χ2n) is 6.14. The van der Waals surface area contributed by atoms with E-state index in [1.165, 1.54) is 5.56 Å². The molecule has 0 atom stereocenters. The van der Waals surface area contributed by atoms with Crippen molar-refractivity contribution in [1.29, 1.82) is 0 Å². The second-order valence-corrected chi connectivity index (χ2v) is 6.14. The molecular weight excluding hydrogens is 264 g/mol. The molecule has 1 amide bonds. The molecule has 0 unspecified atom stereocenters. The number of amides is 1. The van der Waals surface area contributed by atoms with Crippen LogP contribution < -0.4 is 5.73 Å². The summed E-state index contributed by atoms with van der Waals surface area (Å²) in [7, 11) is 0. The van der Waals surface area contributed by atoms with Crippen LogP contribution >= 0.6 is 0 Å². The highest BCUT2D eigenvalue weighted by atomic mass is 16.5. The molecule has 1 saturated carbocycles. The molecule has 0 saturated heterocycles. The third-order valence-corrected chi connectivity index (χ3v) is 4.75. The Hall–Kier alpha value is -1.39. The maximum atomic E-state index is 12.8. The zero-order valence-corrected chi connectivity index (χ0v) is 12.7. The van der Waals surface area contributed by atoms with Crippen molar-refractivity contribution in [2.75, 3.05) is 6.54 Å². The van der Waals surface area contributed by atoms with Gasteiger partial charge in [-0.2, -0.15) is 0 Å². The Morgan fingerprint density at radius 3 is 2.67 bits per heavy atom. The van der Waals surface area contributed by atoms with Crippen LogP contribution in [-0.4, -0.2) is 29.4 Å². The lowest BCUT2D eigenvalue weighted by atomic mass is 9.90. The zero-order chi connectivity index (χ0) is 14.8. The number of nitrogens with zero attached hydrogens (tertiary/aromatic N) is 1. The van der Waals surface area contributed by atoms with Crippen molar-refractivity contribution in [2.24, 2.45) is 5.73 Å². The predicted molar refractivity (Wildman–Crippen MR) is 81.9 cm³/mol. The third-order valence-electron chi connectivity index (χ3n) is 4.75. The molecule has 1 heterocycles. The van der Waals surface area contributed by atoms with Crippen molar-refractivity contribution in [3.63, 3.8) is 0 Å². The Balaban J connectivity index is 1.76. The number of hydrogen-bond acceptors (Lipinski definition) is 3. The third kappa shape index (κ3) is 2.97. The molecule has 4 heteroatoms. The lowest BCUT2D eigenvalue weighted by Gasteiger charge is -2.35. The highest BCUT2D eigenvalue weighted by Crippen LogP contribution is 2.25. The van der Waals surface area contributed by atoms with Crippen LogP contribution in [0.3, 0.4) is 0 Å². The van der Waals surface area contributed by atoms with Crippen molar-refractivity contribution >= 4 is 5.91 Å².